The third-order valence-corrected chi connectivity index (χ3v) is 3.91. The maximum absolute atomic E-state index is 6.28. The van der Waals surface area contributed by atoms with Gasteiger partial charge in [0, 0.05) is 29.7 Å². The Balaban J connectivity index is 2.05. The normalized spacial score (nSPS) is 11.1. The van der Waals surface area contributed by atoms with Crippen molar-refractivity contribution in [3.63, 3.8) is 0 Å². The monoisotopic (exact) mass is 308 g/mol. The van der Waals surface area contributed by atoms with Gasteiger partial charge in [-0.1, -0.05) is 53.5 Å². The number of hydrogen-bond donors (Lipinski definition) is 1. The molecule has 0 amide bonds. The van der Waals surface area contributed by atoms with Crippen LogP contribution in [0.15, 0.2) is 42.5 Å². The average molecular weight is 309 g/mol. The first-order valence-corrected chi connectivity index (χ1v) is 7.25. The molecular weight excluding hydrogens is 291 g/mol. The molecular formula is C16H18Cl2N2. The smallest absolute Gasteiger partial charge is 0.0454 e. The lowest BCUT2D eigenvalue weighted by Crippen LogP contribution is -2.17. The Morgan fingerprint density at radius 1 is 0.950 bits per heavy atom. The third-order valence-electron chi connectivity index (χ3n) is 3.19. The van der Waals surface area contributed by atoms with Crippen molar-refractivity contribution in [2.75, 3.05) is 7.05 Å². The number of rotatable bonds is 5. The zero-order chi connectivity index (χ0) is 14.5. The predicted octanol–water partition coefficient (Wildman–Crippen LogP) is 4.08. The minimum absolute atomic E-state index is 0.509. The van der Waals surface area contributed by atoms with Crippen LogP contribution in [0.3, 0.4) is 0 Å². The SMILES string of the molecule is CN(Cc1ccccc1Cl)Cc1ccc(CN)cc1Cl. The van der Waals surface area contributed by atoms with Crippen LogP contribution in [0.25, 0.3) is 0 Å². The molecule has 0 spiro atoms. The maximum atomic E-state index is 6.28. The van der Waals surface area contributed by atoms with Gasteiger partial charge in [0.1, 0.15) is 0 Å². The highest BCUT2D eigenvalue weighted by atomic mass is 35.5. The molecule has 2 aromatic carbocycles. The van der Waals surface area contributed by atoms with Crippen molar-refractivity contribution in [2.24, 2.45) is 5.73 Å². The first kappa shape index (κ1) is 15.3. The van der Waals surface area contributed by atoms with Gasteiger partial charge in [0.25, 0.3) is 0 Å². The van der Waals surface area contributed by atoms with Crippen molar-refractivity contribution in [2.45, 2.75) is 19.6 Å². The molecule has 2 nitrogen and oxygen atoms in total. The molecule has 0 aliphatic carbocycles. The van der Waals surface area contributed by atoms with E-state index in [0.717, 1.165) is 39.8 Å². The summed E-state index contributed by atoms with van der Waals surface area (Å²) < 4.78 is 0. The lowest BCUT2D eigenvalue weighted by Gasteiger charge is -2.18. The van der Waals surface area contributed by atoms with E-state index in [9.17, 15) is 0 Å². The second-order valence-electron chi connectivity index (χ2n) is 4.89. The highest BCUT2D eigenvalue weighted by Crippen LogP contribution is 2.21. The first-order valence-electron chi connectivity index (χ1n) is 6.49. The number of hydrogen-bond acceptors (Lipinski definition) is 2. The fraction of sp³-hybridized carbons (Fsp3) is 0.250. The van der Waals surface area contributed by atoms with E-state index in [1.165, 1.54) is 0 Å². The molecule has 0 unspecified atom stereocenters. The summed E-state index contributed by atoms with van der Waals surface area (Å²) in [5, 5.41) is 1.56. The lowest BCUT2D eigenvalue weighted by atomic mass is 10.1. The minimum Gasteiger partial charge on any atom is -0.326 e. The van der Waals surface area contributed by atoms with Gasteiger partial charge in [0.05, 0.1) is 0 Å². The fourth-order valence-corrected chi connectivity index (χ4v) is 2.57. The van der Waals surface area contributed by atoms with Gasteiger partial charge in [0.2, 0.25) is 0 Å². The molecule has 0 bridgehead atoms. The van der Waals surface area contributed by atoms with E-state index in [2.05, 4.69) is 11.9 Å². The van der Waals surface area contributed by atoms with Crippen LogP contribution in [0.1, 0.15) is 16.7 Å². The van der Waals surface area contributed by atoms with Crippen molar-refractivity contribution >= 4 is 23.2 Å². The van der Waals surface area contributed by atoms with Gasteiger partial charge in [0.15, 0.2) is 0 Å². The molecule has 0 atom stereocenters. The van der Waals surface area contributed by atoms with Gasteiger partial charge < -0.3 is 5.73 Å². The molecule has 0 aromatic heterocycles. The Labute approximate surface area is 130 Å². The first-order chi connectivity index (χ1) is 9.60. The molecule has 0 aliphatic rings. The number of nitrogens with zero attached hydrogens (tertiary/aromatic N) is 1. The molecule has 4 heteroatoms. The Hall–Kier alpha value is -1.06. The van der Waals surface area contributed by atoms with Gasteiger partial charge in [-0.05, 0) is 35.9 Å². The molecule has 0 aliphatic heterocycles. The summed E-state index contributed by atoms with van der Waals surface area (Å²) in [7, 11) is 2.05. The average Bonchev–Trinajstić information content (AvgIpc) is 2.43. The van der Waals surface area contributed by atoms with Crippen LogP contribution in [0.2, 0.25) is 10.0 Å². The molecule has 0 saturated carbocycles. The summed E-state index contributed by atoms with van der Waals surface area (Å²) in [5.74, 6) is 0. The van der Waals surface area contributed by atoms with Gasteiger partial charge in [-0.3, -0.25) is 4.90 Å². The fourth-order valence-electron chi connectivity index (χ4n) is 2.11. The standard InChI is InChI=1S/C16H18Cl2N2/c1-20(10-13-4-2-3-5-15(13)17)11-14-7-6-12(9-19)8-16(14)18/h2-8H,9-11,19H2,1H3. The van der Waals surface area contributed by atoms with Crippen LogP contribution < -0.4 is 5.73 Å². The largest absolute Gasteiger partial charge is 0.326 e. The van der Waals surface area contributed by atoms with Crippen LogP contribution in [-0.2, 0) is 19.6 Å². The predicted molar refractivity (Wildman–Crippen MR) is 86.0 cm³/mol. The number of nitrogens with two attached hydrogens (primary N) is 1. The van der Waals surface area contributed by atoms with Crippen molar-refractivity contribution in [1.29, 1.82) is 0 Å². The highest BCUT2D eigenvalue weighted by molar-refractivity contribution is 6.31. The van der Waals surface area contributed by atoms with Gasteiger partial charge >= 0.3 is 0 Å². The zero-order valence-corrected chi connectivity index (χ0v) is 13.0. The summed E-state index contributed by atoms with van der Waals surface area (Å²) in [6, 6.07) is 13.9. The molecule has 2 N–H and O–H groups in total. The Morgan fingerprint density at radius 3 is 2.20 bits per heavy atom. The molecule has 106 valence electrons. The van der Waals surface area contributed by atoms with E-state index in [0.29, 0.717) is 6.54 Å². The van der Waals surface area contributed by atoms with Crippen molar-refractivity contribution in [3.8, 4) is 0 Å². The molecule has 0 saturated heterocycles. The van der Waals surface area contributed by atoms with Crippen molar-refractivity contribution in [3.05, 3.63) is 69.2 Å². The van der Waals surface area contributed by atoms with E-state index in [-0.39, 0.29) is 0 Å². The maximum Gasteiger partial charge on any atom is 0.0454 e. The van der Waals surface area contributed by atoms with Gasteiger partial charge in [-0.2, -0.15) is 0 Å². The second kappa shape index (κ2) is 7.09. The van der Waals surface area contributed by atoms with Crippen LogP contribution >= 0.6 is 23.2 Å². The van der Waals surface area contributed by atoms with E-state index in [1.807, 2.05) is 42.5 Å². The van der Waals surface area contributed by atoms with Crippen LogP contribution in [0.5, 0.6) is 0 Å². The van der Waals surface area contributed by atoms with Crippen LogP contribution in [0.4, 0.5) is 0 Å². The topological polar surface area (TPSA) is 29.3 Å². The lowest BCUT2D eigenvalue weighted by molar-refractivity contribution is 0.319. The summed E-state index contributed by atoms with van der Waals surface area (Å²) in [4.78, 5) is 2.19. The minimum atomic E-state index is 0.509. The Morgan fingerprint density at radius 2 is 1.60 bits per heavy atom. The molecule has 0 fully saturated rings. The van der Waals surface area contributed by atoms with Gasteiger partial charge in [-0.15, -0.1) is 0 Å². The molecule has 20 heavy (non-hydrogen) atoms. The Kier molecular flexibility index (Phi) is 5.44. The molecule has 2 aromatic rings. The van der Waals surface area contributed by atoms with E-state index in [1.54, 1.807) is 0 Å². The second-order valence-corrected chi connectivity index (χ2v) is 5.71. The van der Waals surface area contributed by atoms with Crippen LogP contribution in [-0.4, -0.2) is 11.9 Å². The van der Waals surface area contributed by atoms with E-state index in [4.69, 9.17) is 28.9 Å². The van der Waals surface area contributed by atoms with Gasteiger partial charge in [-0.25, -0.2) is 0 Å². The third kappa shape index (κ3) is 3.97. The van der Waals surface area contributed by atoms with E-state index < -0.39 is 0 Å². The van der Waals surface area contributed by atoms with Crippen LogP contribution in [0, 0.1) is 0 Å². The summed E-state index contributed by atoms with van der Waals surface area (Å²) in [6.45, 7) is 2.07. The molecule has 0 radical (unpaired) electrons. The Bertz CT molecular complexity index is 584. The molecule has 0 heterocycles. The van der Waals surface area contributed by atoms with Crippen molar-refractivity contribution in [1.82, 2.24) is 4.90 Å². The molecule has 2 rings (SSSR count). The summed E-state index contributed by atoms with van der Waals surface area (Å²) >= 11 is 12.5. The summed E-state index contributed by atoms with van der Waals surface area (Å²) in [5.41, 5.74) is 8.87. The quantitative estimate of drug-likeness (QED) is 0.901. The van der Waals surface area contributed by atoms with Crippen molar-refractivity contribution < 1.29 is 0 Å². The summed E-state index contributed by atoms with van der Waals surface area (Å²) in [6.07, 6.45) is 0. The van der Waals surface area contributed by atoms with E-state index >= 15 is 0 Å². The number of halogens is 2. The number of benzene rings is 2. The highest BCUT2D eigenvalue weighted by Gasteiger charge is 2.07. The zero-order valence-electron chi connectivity index (χ0n) is 11.4.